The van der Waals surface area contributed by atoms with Crippen LogP contribution in [0.4, 0.5) is 13.2 Å². The number of halogens is 3. The highest BCUT2D eigenvalue weighted by Gasteiger charge is 2.33. The molecule has 0 aliphatic carbocycles. The van der Waals surface area contributed by atoms with Gasteiger partial charge in [-0.05, 0) is 17.7 Å². The number of allylic oxidation sites excluding steroid dienone is 2. The van der Waals surface area contributed by atoms with E-state index in [2.05, 4.69) is 0 Å². The second-order valence-electron chi connectivity index (χ2n) is 3.97. The van der Waals surface area contributed by atoms with E-state index in [4.69, 9.17) is 10.5 Å². The molecule has 0 fully saturated rings. The number of rotatable bonds is 2. The molecule has 0 saturated carbocycles. The molecule has 0 saturated heterocycles. The lowest BCUT2D eigenvalue weighted by molar-refractivity contribution is -0.137. The molecule has 2 rings (SSSR count). The molecule has 0 unspecified atom stereocenters. The summed E-state index contributed by atoms with van der Waals surface area (Å²) >= 11 is 0.977. The number of alkyl halides is 3. The summed E-state index contributed by atoms with van der Waals surface area (Å²) in [6.07, 6.45) is -3.24. The molecule has 1 aliphatic heterocycles. The van der Waals surface area contributed by atoms with Crippen molar-refractivity contribution in [1.82, 2.24) is 0 Å². The smallest absolute Gasteiger partial charge is 0.416 e. The van der Waals surface area contributed by atoms with Crippen molar-refractivity contribution < 1.29 is 22.7 Å². The van der Waals surface area contributed by atoms with Crippen molar-refractivity contribution in [3.63, 3.8) is 0 Å². The molecule has 0 bridgehead atoms. The highest BCUT2D eigenvalue weighted by Crippen LogP contribution is 2.41. The van der Waals surface area contributed by atoms with Crippen LogP contribution in [0.1, 0.15) is 11.1 Å². The Labute approximate surface area is 117 Å². The number of ketones is 1. The summed E-state index contributed by atoms with van der Waals surface area (Å²) < 4.78 is 42.8. The molecular formula is C13H10F3NO2S. The minimum absolute atomic E-state index is 0.0735. The number of ether oxygens (including phenoxy) is 1. The Bertz CT molecular complexity index is 620. The van der Waals surface area contributed by atoms with E-state index in [1.165, 1.54) is 25.5 Å². The van der Waals surface area contributed by atoms with Gasteiger partial charge in [-0.15, -0.1) is 0 Å². The van der Waals surface area contributed by atoms with E-state index in [-0.39, 0.29) is 21.1 Å². The Morgan fingerprint density at radius 1 is 1.35 bits per heavy atom. The van der Waals surface area contributed by atoms with Crippen LogP contribution in [-0.4, -0.2) is 12.9 Å². The number of thioether (sulfide) groups is 1. The van der Waals surface area contributed by atoms with Gasteiger partial charge in [0.1, 0.15) is 6.26 Å². The second-order valence-corrected chi connectivity index (χ2v) is 5.05. The molecule has 1 heterocycles. The summed E-state index contributed by atoms with van der Waals surface area (Å²) in [5, 5.41) is 0.164. The molecule has 1 aliphatic rings. The zero-order chi connectivity index (χ0) is 14.9. The molecule has 0 spiro atoms. The number of nitrogens with two attached hydrogens (primary N) is 1. The van der Waals surface area contributed by atoms with Gasteiger partial charge in [-0.2, -0.15) is 13.2 Å². The molecular weight excluding hydrogens is 291 g/mol. The van der Waals surface area contributed by atoms with Crippen LogP contribution in [0.15, 0.2) is 40.5 Å². The van der Waals surface area contributed by atoms with Crippen molar-refractivity contribution in [2.24, 2.45) is 5.73 Å². The second kappa shape index (κ2) is 5.24. The van der Waals surface area contributed by atoms with Gasteiger partial charge >= 0.3 is 6.18 Å². The van der Waals surface area contributed by atoms with Crippen molar-refractivity contribution in [3.05, 3.63) is 51.6 Å². The standard InChI is InChI=1S/C13H10F3NO2S/c1-19-6-9-11(18)10(12(17)20-9)7-3-2-4-8(5-7)13(14,15)16/h2-6H,17H2,1H3. The van der Waals surface area contributed by atoms with Crippen LogP contribution < -0.4 is 5.73 Å². The molecule has 1 aromatic rings. The van der Waals surface area contributed by atoms with Gasteiger partial charge in [0.15, 0.2) is 0 Å². The number of hydrogen-bond acceptors (Lipinski definition) is 4. The van der Waals surface area contributed by atoms with E-state index in [1.807, 2.05) is 0 Å². The fraction of sp³-hybridized carbons (Fsp3) is 0.154. The Morgan fingerprint density at radius 2 is 2.05 bits per heavy atom. The van der Waals surface area contributed by atoms with E-state index in [9.17, 15) is 18.0 Å². The SMILES string of the molecule is COC=C1SC(N)=C(c2cccc(C(F)(F)F)c2)C1=O. The van der Waals surface area contributed by atoms with Crippen LogP contribution >= 0.6 is 11.8 Å². The molecule has 7 heteroatoms. The van der Waals surface area contributed by atoms with Gasteiger partial charge in [0.05, 0.1) is 28.2 Å². The minimum Gasteiger partial charge on any atom is -0.503 e. The van der Waals surface area contributed by atoms with Crippen molar-refractivity contribution >= 4 is 23.1 Å². The molecule has 20 heavy (non-hydrogen) atoms. The third-order valence-corrected chi connectivity index (χ3v) is 3.55. The quantitative estimate of drug-likeness (QED) is 0.673. The van der Waals surface area contributed by atoms with Gasteiger partial charge in [0.25, 0.3) is 0 Å². The van der Waals surface area contributed by atoms with Crippen molar-refractivity contribution in [2.45, 2.75) is 6.18 Å². The molecule has 2 N–H and O–H groups in total. The van der Waals surface area contributed by atoms with E-state index >= 15 is 0 Å². The molecule has 0 atom stereocenters. The Kier molecular flexibility index (Phi) is 3.80. The lowest BCUT2D eigenvalue weighted by atomic mass is 10.0. The van der Waals surface area contributed by atoms with E-state index in [0.29, 0.717) is 0 Å². The molecule has 106 valence electrons. The summed E-state index contributed by atoms with van der Waals surface area (Å²) in [6, 6.07) is 4.52. The zero-order valence-electron chi connectivity index (χ0n) is 10.3. The summed E-state index contributed by atoms with van der Waals surface area (Å²) in [4.78, 5) is 12.3. The first-order chi connectivity index (χ1) is 9.34. The highest BCUT2D eigenvalue weighted by atomic mass is 32.2. The topological polar surface area (TPSA) is 52.3 Å². The van der Waals surface area contributed by atoms with Crippen LogP contribution in [0.3, 0.4) is 0 Å². The Balaban J connectivity index is 2.45. The number of hydrogen-bond donors (Lipinski definition) is 1. The predicted molar refractivity (Wildman–Crippen MR) is 70.2 cm³/mol. The maximum atomic E-state index is 12.7. The van der Waals surface area contributed by atoms with Gasteiger partial charge in [0.2, 0.25) is 5.78 Å². The fourth-order valence-electron chi connectivity index (χ4n) is 1.76. The minimum atomic E-state index is -4.47. The third-order valence-electron chi connectivity index (χ3n) is 2.62. The molecule has 0 aromatic heterocycles. The predicted octanol–water partition coefficient (Wildman–Crippen LogP) is 3.14. The van der Waals surface area contributed by atoms with Crippen LogP contribution in [0, 0.1) is 0 Å². The van der Waals surface area contributed by atoms with Gasteiger partial charge in [0, 0.05) is 0 Å². The number of methoxy groups -OCH3 is 1. The number of carbonyl (C=O) groups excluding carboxylic acids is 1. The lowest BCUT2D eigenvalue weighted by Crippen LogP contribution is -2.07. The maximum absolute atomic E-state index is 12.7. The summed E-state index contributed by atoms with van der Waals surface area (Å²) in [5.74, 6) is -0.436. The largest absolute Gasteiger partial charge is 0.503 e. The molecule has 3 nitrogen and oxygen atoms in total. The number of carbonyl (C=O) groups is 1. The van der Waals surface area contributed by atoms with Crippen LogP contribution in [0.5, 0.6) is 0 Å². The van der Waals surface area contributed by atoms with E-state index < -0.39 is 17.5 Å². The molecule has 0 radical (unpaired) electrons. The van der Waals surface area contributed by atoms with Gasteiger partial charge in [-0.25, -0.2) is 0 Å². The zero-order valence-corrected chi connectivity index (χ0v) is 11.1. The average Bonchev–Trinajstić information content (AvgIpc) is 2.64. The Hall–Kier alpha value is -1.89. The van der Waals surface area contributed by atoms with Crippen molar-refractivity contribution in [2.75, 3.05) is 7.11 Å². The molecule has 1 aromatic carbocycles. The number of Topliss-reactive ketones (excluding diaryl/α,β-unsaturated/α-hetero) is 1. The summed E-state index contributed by atoms with van der Waals surface area (Å²) in [7, 11) is 1.37. The monoisotopic (exact) mass is 301 g/mol. The van der Waals surface area contributed by atoms with Crippen molar-refractivity contribution in [1.29, 1.82) is 0 Å². The lowest BCUT2D eigenvalue weighted by Gasteiger charge is -2.09. The summed E-state index contributed by atoms with van der Waals surface area (Å²) in [6.45, 7) is 0. The Morgan fingerprint density at radius 3 is 2.65 bits per heavy atom. The van der Waals surface area contributed by atoms with Gasteiger partial charge in [-0.1, -0.05) is 23.9 Å². The normalized spacial score (nSPS) is 18.0. The van der Waals surface area contributed by atoms with Gasteiger partial charge < -0.3 is 10.5 Å². The fourth-order valence-corrected chi connectivity index (χ4v) is 2.65. The third kappa shape index (κ3) is 2.67. The maximum Gasteiger partial charge on any atom is 0.416 e. The average molecular weight is 301 g/mol. The van der Waals surface area contributed by atoms with Gasteiger partial charge in [-0.3, -0.25) is 4.79 Å². The van der Waals surface area contributed by atoms with Crippen molar-refractivity contribution in [3.8, 4) is 0 Å². The number of benzene rings is 1. The first-order valence-electron chi connectivity index (χ1n) is 5.47. The van der Waals surface area contributed by atoms with Crippen LogP contribution in [0.25, 0.3) is 5.57 Å². The van der Waals surface area contributed by atoms with Crippen LogP contribution in [-0.2, 0) is 15.7 Å². The first-order valence-corrected chi connectivity index (χ1v) is 6.29. The highest BCUT2D eigenvalue weighted by molar-refractivity contribution is 8.08. The molecule has 0 amide bonds. The first kappa shape index (κ1) is 14.5. The van der Waals surface area contributed by atoms with E-state index in [1.54, 1.807) is 0 Å². The summed E-state index contributed by atoms with van der Waals surface area (Å²) in [5.41, 5.74) is 5.12. The van der Waals surface area contributed by atoms with E-state index in [0.717, 1.165) is 23.9 Å². The van der Waals surface area contributed by atoms with Crippen LogP contribution in [0.2, 0.25) is 0 Å².